The van der Waals surface area contributed by atoms with Gasteiger partial charge in [0, 0.05) is 19.7 Å². The maximum absolute atomic E-state index is 5.59. The number of rotatable bonds is 5. The van der Waals surface area contributed by atoms with Crippen molar-refractivity contribution in [2.75, 3.05) is 13.2 Å². The Kier molecular flexibility index (Phi) is 4.82. The molecule has 1 aromatic carbocycles. The zero-order chi connectivity index (χ0) is 13.9. The number of hydrogen-bond donors (Lipinski definition) is 1. The zero-order valence-electron chi connectivity index (χ0n) is 12.7. The molecule has 0 radical (unpaired) electrons. The van der Waals surface area contributed by atoms with E-state index in [1.165, 1.54) is 17.2 Å². The normalized spacial score (nSPS) is 23.8. The van der Waals surface area contributed by atoms with Crippen LogP contribution in [0.4, 0.5) is 0 Å². The first kappa shape index (κ1) is 14.8. The highest BCUT2D eigenvalue weighted by Crippen LogP contribution is 2.19. The first-order chi connectivity index (χ1) is 8.97. The summed E-state index contributed by atoms with van der Waals surface area (Å²) in [5.41, 5.74) is 1.38. The van der Waals surface area contributed by atoms with Crippen molar-refractivity contribution in [1.29, 1.82) is 0 Å². The Morgan fingerprint density at radius 3 is 2.42 bits per heavy atom. The number of nitrogens with one attached hydrogen (secondary N) is 1. The Balaban J connectivity index is 1.80. The van der Waals surface area contributed by atoms with Crippen molar-refractivity contribution in [3.05, 3.63) is 29.8 Å². The van der Waals surface area contributed by atoms with Crippen LogP contribution in [0.5, 0.6) is 0 Å². The van der Waals surface area contributed by atoms with Crippen molar-refractivity contribution in [2.45, 2.75) is 45.6 Å². The fourth-order valence-electron chi connectivity index (χ4n) is 2.57. The molecule has 1 saturated heterocycles. The van der Waals surface area contributed by atoms with E-state index in [2.05, 4.69) is 56.1 Å². The van der Waals surface area contributed by atoms with Crippen LogP contribution < -0.4 is 10.5 Å². The van der Waals surface area contributed by atoms with E-state index in [0.717, 1.165) is 19.7 Å². The number of hydrogen-bond acceptors (Lipinski definition) is 2. The summed E-state index contributed by atoms with van der Waals surface area (Å²) in [6.45, 7) is 12.3. The van der Waals surface area contributed by atoms with Crippen LogP contribution in [0.2, 0.25) is 19.6 Å². The highest BCUT2D eigenvalue weighted by atomic mass is 28.3. The van der Waals surface area contributed by atoms with Crippen molar-refractivity contribution in [1.82, 2.24) is 5.32 Å². The largest absolute Gasteiger partial charge is 0.378 e. The second-order valence-corrected chi connectivity index (χ2v) is 11.8. The van der Waals surface area contributed by atoms with Gasteiger partial charge in [0.25, 0.3) is 0 Å². The summed E-state index contributed by atoms with van der Waals surface area (Å²) in [6.07, 6.45) is 1.62. The standard InChI is InChI=1S/C16H27NOSi/c1-13-15(9-10-18-13)12-17-11-14-5-7-16(8-6-14)19(2,3)4/h5-8,13,15,17H,9-12H2,1-4H3. The molecule has 1 fully saturated rings. The molecular formula is C16H27NOSi. The van der Waals surface area contributed by atoms with Gasteiger partial charge in [0.15, 0.2) is 0 Å². The Morgan fingerprint density at radius 1 is 1.21 bits per heavy atom. The monoisotopic (exact) mass is 277 g/mol. The summed E-state index contributed by atoms with van der Waals surface area (Å²) < 4.78 is 5.59. The molecule has 0 amide bonds. The van der Waals surface area contributed by atoms with Gasteiger partial charge in [-0.25, -0.2) is 0 Å². The van der Waals surface area contributed by atoms with Gasteiger partial charge in [-0.3, -0.25) is 0 Å². The number of benzene rings is 1. The van der Waals surface area contributed by atoms with Gasteiger partial charge in [-0.1, -0.05) is 49.1 Å². The first-order valence-corrected chi connectivity index (χ1v) is 10.9. The predicted octanol–water partition coefficient (Wildman–Crippen LogP) is 2.75. The Morgan fingerprint density at radius 2 is 1.89 bits per heavy atom. The van der Waals surface area contributed by atoms with Crippen LogP contribution in [0.15, 0.2) is 24.3 Å². The van der Waals surface area contributed by atoms with Crippen LogP contribution in [0.25, 0.3) is 0 Å². The molecule has 1 aliphatic rings. The topological polar surface area (TPSA) is 21.3 Å². The Bertz CT molecular complexity index is 396. The van der Waals surface area contributed by atoms with Crippen molar-refractivity contribution >= 4 is 13.3 Å². The van der Waals surface area contributed by atoms with Gasteiger partial charge < -0.3 is 10.1 Å². The van der Waals surface area contributed by atoms with Crippen LogP contribution in [0.3, 0.4) is 0 Å². The molecule has 1 N–H and O–H groups in total. The molecule has 1 heterocycles. The van der Waals surface area contributed by atoms with E-state index >= 15 is 0 Å². The third-order valence-corrected chi connectivity index (χ3v) is 6.15. The fourth-order valence-corrected chi connectivity index (χ4v) is 3.74. The maximum atomic E-state index is 5.59. The molecule has 2 unspecified atom stereocenters. The molecular weight excluding hydrogens is 250 g/mol. The molecule has 0 aliphatic carbocycles. The fraction of sp³-hybridized carbons (Fsp3) is 0.625. The lowest BCUT2D eigenvalue weighted by Gasteiger charge is -2.17. The summed E-state index contributed by atoms with van der Waals surface area (Å²) in [6, 6.07) is 9.17. The second kappa shape index (κ2) is 6.20. The third kappa shape index (κ3) is 4.16. The van der Waals surface area contributed by atoms with Crippen LogP contribution >= 0.6 is 0 Å². The SMILES string of the molecule is CC1OCCC1CNCc1ccc([Si](C)(C)C)cc1. The predicted molar refractivity (Wildman–Crippen MR) is 84.6 cm³/mol. The molecule has 2 rings (SSSR count). The lowest BCUT2D eigenvalue weighted by molar-refractivity contribution is 0.105. The highest BCUT2D eigenvalue weighted by Gasteiger charge is 2.23. The number of ether oxygens (including phenoxy) is 1. The maximum Gasteiger partial charge on any atom is 0.0775 e. The lowest BCUT2D eigenvalue weighted by Crippen LogP contribution is -2.37. The molecule has 19 heavy (non-hydrogen) atoms. The zero-order valence-corrected chi connectivity index (χ0v) is 13.7. The third-order valence-electron chi connectivity index (χ3n) is 4.09. The summed E-state index contributed by atoms with van der Waals surface area (Å²) in [5, 5.41) is 5.10. The Hall–Kier alpha value is -0.643. The van der Waals surface area contributed by atoms with Gasteiger partial charge in [0.2, 0.25) is 0 Å². The van der Waals surface area contributed by atoms with E-state index in [-0.39, 0.29) is 0 Å². The average molecular weight is 277 g/mol. The van der Waals surface area contributed by atoms with Crippen molar-refractivity contribution < 1.29 is 4.74 Å². The summed E-state index contributed by atoms with van der Waals surface area (Å²) in [4.78, 5) is 0. The molecule has 1 aromatic rings. The van der Waals surface area contributed by atoms with E-state index in [1.54, 1.807) is 0 Å². The van der Waals surface area contributed by atoms with Crippen LogP contribution in [0.1, 0.15) is 18.9 Å². The molecule has 1 aliphatic heterocycles. The first-order valence-electron chi connectivity index (χ1n) is 7.38. The molecule has 0 saturated carbocycles. The van der Waals surface area contributed by atoms with E-state index < -0.39 is 8.07 Å². The van der Waals surface area contributed by atoms with Crippen LogP contribution in [0, 0.1) is 5.92 Å². The van der Waals surface area contributed by atoms with Gasteiger partial charge in [-0.05, 0) is 24.8 Å². The molecule has 0 spiro atoms. The molecule has 3 heteroatoms. The molecule has 0 bridgehead atoms. The van der Waals surface area contributed by atoms with E-state index in [1.807, 2.05) is 0 Å². The van der Waals surface area contributed by atoms with E-state index in [9.17, 15) is 0 Å². The summed E-state index contributed by atoms with van der Waals surface area (Å²) in [7, 11) is -1.15. The minimum absolute atomic E-state index is 0.418. The van der Waals surface area contributed by atoms with Crippen molar-refractivity contribution in [3.8, 4) is 0 Å². The lowest BCUT2D eigenvalue weighted by atomic mass is 10.0. The molecule has 2 nitrogen and oxygen atoms in total. The molecule has 2 atom stereocenters. The van der Waals surface area contributed by atoms with E-state index in [4.69, 9.17) is 4.74 Å². The van der Waals surface area contributed by atoms with Crippen molar-refractivity contribution in [2.24, 2.45) is 5.92 Å². The van der Waals surface area contributed by atoms with Gasteiger partial charge in [-0.15, -0.1) is 0 Å². The van der Waals surface area contributed by atoms with Gasteiger partial charge in [0.05, 0.1) is 14.2 Å². The second-order valence-electron chi connectivity index (χ2n) is 6.70. The van der Waals surface area contributed by atoms with Gasteiger partial charge in [0.1, 0.15) is 0 Å². The smallest absolute Gasteiger partial charge is 0.0775 e. The average Bonchev–Trinajstić information content (AvgIpc) is 2.75. The van der Waals surface area contributed by atoms with Crippen molar-refractivity contribution in [3.63, 3.8) is 0 Å². The summed E-state index contributed by atoms with van der Waals surface area (Å²) >= 11 is 0. The van der Waals surface area contributed by atoms with Gasteiger partial charge >= 0.3 is 0 Å². The van der Waals surface area contributed by atoms with Crippen LogP contribution in [-0.4, -0.2) is 27.3 Å². The molecule has 106 valence electrons. The highest BCUT2D eigenvalue weighted by molar-refractivity contribution is 6.88. The summed E-state index contributed by atoms with van der Waals surface area (Å²) in [5.74, 6) is 0.682. The van der Waals surface area contributed by atoms with Crippen LogP contribution in [-0.2, 0) is 11.3 Å². The Labute approximate surface area is 118 Å². The molecule has 0 aromatic heterocycles. The van der Waals surface area contributed by atoms with E-state index in [0.29, 0.717) is 12.0 Å². The van der Waals surface area contributed by atoms with Gasteiger partial charge in [-0.2, -0.15) is 0 Å². The minimum Gasteiger partial charge on any atom is -0.378 e. The minimum atomic E-state index is -1.15. The quantitative estimate of drug-likeness (QED) is 0.836.